The maximum Gasteiger partial charge on any atom is 0.256 e. The van der Waals surface area contributed by atoms with Crippen molar-refractivity contribution in [2.24, 2.45) is 5.41 Å². The van der Waals surface area contributed by atoms with Crippen LogP contribution in [0.15, 0.2) is 48.5 Å². The van der Waals surface area contributed by atoms with Gasteiger partial charge in [0.25, 0.3) is 11.8 Å². The van der Waals surface area contributed by atoms with E-state index in [1.165, 1.54) is 6.07 Å². The molecule has 0 radical (unpaired) electrons. The number of amides is 2. The Hall–Kier alpha value is -2.89. The highest BCUT2D eigenvalue weighted by Gasteiger charge is 2.38. The Bertz CT molecular complexity index is 964. The van der Waals surface area contributed by atoms with Crippen molar-refractivity contribution in [3.8, 4) is 5.75 Å². The van der Waals surface area contributed by atoms with E-state index >= 15 is 0 Å². The van der Waals surface area contributed by atoms with Crippen molar-refractivity contribution in [3.05, 3.63) is 65.5 Å². The van der Waals surface area contributed by atoms with Crippen LogP contribution in [0.3, 0.4) is 0 Å². The zero-order valence-electron chi connectivity index (χ0n) is 18.4. The molecule has 5 nitrogen and oxygen atoms in total. The second-order valence-corrected chi connectivity index (χ2v) is 9.00. The Morgan fingerprint density at radius 1 is 0.969 bits per heavy atom. The van der Waals surface area contributed by atoms with Gasteiger partial charge in [0.2, 0.25) is 0 Å². The summed E-state index contributed by atoms with van der Waals surface area (Å²) < 4.78 is 20.1. The average Bonchev–Trinajstić information content (AvgIpc) is 2.83. The van der Waals surface area contributed by atoms with Gasteiger partial charge in [-0.05, 0) is 49.9 Å². The topological polar surface area (TPSA) is 58.6 Å². The number of para-hydroxylation sites is 1. The van der Waals surface area contributed by atoms with Crippen molar-refractivity contribution in [1.29, 1.82) is 0 Å². The number of hydrogen-bond acceptors (Lipinski definition) is 3. The van der Waals surface area contributed by atoms with Gasteiger partial charge in [0.05, 0.1) is 17.7 Å². The maximum atomic E-state index is 14.2. The first kappa shape index (κ1) is 22.3. The van der Waals surface area contributed by atoms with Crippen molar-refractivity contribution in [3.63, 3.8) is 0 Å². The van der Waals surface area contributed by atoms with E-state index in [9.17, 15) is 14.0 Å². The number of hydrogen-bond donors (Lipinski definition) is 1. The van der Waals surface area contributed by atoms with Gasteiger partial charge >= 0.3 is 0 Å². The molecule has 1 unspecified atom stereocenters. The Labute approximate surface area is 188 Å². The molecule has 0 aliphatic carbocycles. The normalized spacial score (nSPS) is 22.5. The molecule has 1 atom stereocenters. The summed E-state index contributed by atoms with van der Waals surface area (Å²) in [4.78, 5) is 27.8. The number of ether oxygens (including phenoxy) is 1. The minimum absolute atomic E-state index is 0.115. The minimum atomic E-state index is -0.489. The summed E-state index contributed by atoms with van der Waals surface area (Å²) in [5.41, 5.74) is 0.444. The molecule has 2 amide bonds. The Morgan fingerprint density at radius 3 is 2.59 bits per heavy atom. The summed E-state index contributed by atoms with van der Waals surface area (Å²) in [6.45, 7) is 2.22. The number of piperidine rings is 1. The average molecular weight is 439 g/mol. The second-order valence-electron chi connectivity index (χ2n) is 9.00. The maximum absolute atomic E-state index is 14.2. The fourth-order valence-electron chi connectivity index (χ4n) is 4.90. The van der Waals surface area contributed by atoms with Gasteiger partial charge in [-0.2, -0.15) is 0 Å². The van der Waals surface area contributed by atoms with Crippen LogP contribution in [0.5, 0.6) is 5.75 Å². The number of nitrogens with zero attached hydrogens (tertiary/aromatic N) is 1. The van der Waals surface area contributed by atoms with Crippen molar-refractivity contribution < 1.29 is 18.7 Å². The van der Waals surface area contributed by atoms with E-state index in [1.54, 1.807) is 29.2 Å². The lowest BCUT2D eigenvalue weighted by Crippen LogP contribution is -2.51. The standard InChI is InChI=1S/C26H31FN2O3/c27-22-12-5-3-10-20(22)25(31)29-16-9-15-26(19-29)14-7-1-2-8-17-32-23-13-6-4-11-21(23)24(30)28-18-26/h3-6,10-13H,1-2,7-9,14-19H2,(H,28,30). The van der Waals surface area contributed by atoms with E-state index in [0.717, 1.165) is 44.9 Å². The number of carbonyl (C=O) groups excluding carboxylic acids is 2. The third kappa shape index (κ3) is 5.12. The number of fused-ring (bicyclic) bond motifs is 1. The molecule has 4 rings (SSSR count). The van der Waals surface area contributed by atoms with Crippen LogP contribution in [0.1, 0.15) is 65.7 Å². The first-order valence-electron chi connectivity index (χ1n) is 11.6. The summed E-state index contributed by atoms with van der Waals surface area (Å²) in [6.07, 6.45) is 6.84. The van der Waals surface area contributed by atoms with E-state index in [4.69, 9.17) is 4.74 Å². The van der Waals surface area contributed by atoms with Gasteiger partial charge in [-0.15, -0.1) is 0 Å². The zero-order valence-corrected chi connectivity index (χ0v) is 18.4. The number of rotatable bonds is 1. The van der Waals surface area contributed by atoms with Crippen LogP contribution >= 0.6 is 0 Å². The molecule has 0 saturated carbocycles. The molecule has 0 aromatic heterocycles. The van der Waals surface area contributed by atoms with Gasteiger partial charge in [-0.25, -0.2) is 4.39 Å². The van der Waals surface area contributed by atoms with Gasteiger partial charge in [-0.3, -0.25) is 9.59 Å². The zero-order chi connectivity index (χ0) is 22.4. The Morgan fingerprint density at radius 2 is 1.72 bits per heavy atom. The first-order valence-corrected chi connectivity index (χ1v) is 11.6. The lowest BCUT2D eigenvalue weighted by atomic mass is 9.75. The molecule has 1 fully saturated rings. The number of halogens is 1. The SMILES string of the molecule is O=C1NCC2(CCCCCCOc3ccccc31)CCCN(C(=O)c1ccccc1F)C2. The molecule has 1 N–H and O–H groups in total. The number of nitrogens with one attached hydrogen (secondary N) is 1. The van der Waals surface area contributed by atoms with Gasteiger partial charge in [0.1, 0.15) is 11.6 Å². The molecule has 2 heterocycles. The van der Waals surface area contributed by atoms with Crippen LogP contribution in [-0.2, 0) is 0 Å². The van der Waals surface area contributed by atoms with Gasteiger partial charge in [-0.1, -0.05) is 43.5 Å². The quantitative estimate of drug-likeness (QED) is 0.694. The summed E-state index contributed by atoms with van der Waals surface area (Å²) in [6, 6.07) is 13.5. The van der Waals surface area contributed by atoms with Crippen LogP contribution in [0.4, 0.5) is 4.39 Å². The summed E-state index contributed by atoms with van der Waals surface area (Å²) in [7, 11) is 0. The predicted molar refractivity (Wildman–Crippen MR) is 121 cm³/mol. The number of benzene rings is 2. The lowest BCUT2D eigenvalue weighted by molar-refractivity contribution is 0.0467. The first-order chi connectivity index (χ1) is 15.6. The highest BCUT2D eigenvalue weighted by Crippen LogP contribution is 2.36. The molecule has 2 aliphatic heterocycles. The van der Waals surface area contributed by atoms with E-state index in [0.29, 0.717) is 37.6 Å². The van der Waals surface area contributed by atoms with Gasteiger partial charge < -0.3 is 15.0 Å². The molecule has 2 aromatic rings. The van der Waals surface area contributed by atoms with E-state index in [2.05, 4.69) is 5.32 Å². The predicted octanol–water partition coefficient (Wildman–Crippen LogP) is 4.82. The van der Waals surface area contributed by atoms with E-state index < -0.39 is 5.82 Å². The molecule has 2 aromatic carbocycles. The van der Waals surface area contributed by atoms with Crippen molar-refractivity contribution in [2.75, 3.05) is 26.2 Å². The van der Waals surface area contributed by atoms with Crippen LogP contribution in [0, 0.1) is 11.2 Å². The van der Waals surface area contributed by atoms with Crippen molar-refractivity contribution in [2.45, 2.75) is 44.9 Å². The molecule has 2 aliphatic rings. The van der Waals surface area contributed by atoms with Crippen molar-refractivity contribution in [1.82, 2.24) is 10.2 Å². The van der Waals surface area contributed by atoms with Crippen LogP contribution in [-0.4, -0.2) is 43.0 Å². The largest absolute Gasteiger partial charge is 0.493 e. The third-order valence-electron chi connectivity index (χ3n) is 6.67. The summed E-state index contributed by atoms with van der Waals surface area (Å²) in [5.74, 6) is -0.304. The Balaban J connectivity index is 1.54. The van der Waals surface area contributed by atoms with E-state index in [1.807, 2.05) is 18.2 Å². The minimum Gasteiger partial charge on any atom is -0.493 e. The van der Waals surface area contributed by atoms with E-state index in [-0.39, 0.29) is 22.8 Å². The summed E-state index contributed by atoms with van der Waals surface area (Å²) >= 11 is 0. The van der Waals surface area contributed by atoms with Gasteiger partial charge in [0.15, 0.2) is 0 Å². The van der Waals surface area contributed by atoms with Crippen molar-refractivity contribution >= 4 is 11.8 Å². The molecule has 1 spiro atoms. The number of likely N-dealkylation sites (tertiary alicyclic amines) is 1. The summed E-state index contributed by atoms with van der Waals surface area (Å²) in [5, 5.41) is 3.12. The van der Waals surface area contributed by atoms with Crippen LogP contribution in [0.2, 0.25) is 0 Å². The second kappa shape index (κ2) is 10.2. The van der Waals surface area contributed by atoms with Crippen LogP contribution < -0.4 is 10.1 Å². The molecule has 170 valence electrons. The Kier molecular flexibility index (Phi) is 7.08. The third-order valence-corrected chi connectivity index (χ3v) is 6.67. The molecular formula is C26H31FN2O3. The lowest BCUT2D eigenvalue weighted by Gasteiger charge is -2.43. The molecule has 1 saturated heterocycles. The number of carbonyl (C=O) groups is 2. The fourth-order valence-corrected chi connectivity index (χ4v) is 4.90. The fraction of sp³-hybridized carbons (Fsp3) is 0.462. The molecule has 0 bridgehead atoms. The molecule has 32 heavy (non-hydrogen) atoms. The van der Waals surface area contributed by atoms with Crippen LogP contribution in [0.25, 0.3) is 0 Å². The van der Waals surface area contributed by atoms with Gasteiger partial charge in [0, 0.05) is 25.0 Å². The molecule has 6 heteroatoms. The monoisotopic (exact) mass is 438 g/mol. The smallest absolute Gasteiger partial charge is 0.256 e. The highest BCUT2D eigenvalue weighted by atomic mass is 19.1. The molecular weight excluding hydrogens is 407 g/mol. The highest BCUT2D eigenvalue weighted by molar-refractivity contribution is 5.97.